The fourth-order valence-electron chi connectivity index (χ4n) is 3.32. The Labute approximate surface area is 231 Å². The first-order chi connectivity index (χ1) is 14.4. The molecule has 3 aromatic carbocycles. The Balaban J connectivity index is 0.00000256. The van der Waals surface area contributed by atoms with Crippen molar-refractivity contribution >= 4 is 11.9 Å². The monoisotopic (exact) mass is 450 g/mol. The average molecular weight is 450 g/mol. The summed E-state index contributed by atoms with van der Waals surface area (Å²) < 4.78 is 10.4. The van der Waals surface area contributed by atoms with Gasteiger partial charge in [-0.05, 0) is 47.9 Å². The molecule has 0 aliphatic rings. The molecule has 0 bridgehead atoms. The van der Waals surface area contributed by atoms with Crippen molar-refractivity contribution < 1.29 is 88.4 Å². The van der Waals surface area contributed by atoms with Gasteiger partial charge < -0.3 is 29.3 Å². The van der Waals surface area contributed by atoms with Crippen molar-refractivity contribution in [3.05, 3.63) is 95.6 Å². The summed E-state index contributed by atoms with van der Waals surface area (Å²) in [5.41, 5.74) is 2.47. The first kappa shape index (κ1) is 28.2. The van der Waals surface area contributed by atoms with Crippen LogP contribution in [0, 0.1) is 0 Å². The molecule has 0 amide bonds. The normalized spacial score (nSPS) is 10.3. The number of aliphatic carboxylic acids is 2. The maximum atomic E-state index is 10.6. The van der Waals surface area contributed by atoms with Crippen molar-refractivity contribution in [2.75, 3.05) is 13.2 Å². The summed E-state index contributed by atoms with van der Waals surface area (Å²) in [5, 5.41) is 21.2. The molecule has 0 fully saturated rings. The molecule has 3 rings (SSSR count). The van der Waals surface area contributed by atoms with Gasteiger partial charge in [0.2, 0.25) is 0 Å². The fraction of sp³-hybridized carbons (Fsp3) is 0.167. The van der Waals surface area contributed by atoms with Gasteiger partial charge in [-0.3, -0.25) is 0 Å². The summed E-state index contributed by atoms with van der Waals surface area (Å²) in [7, 11) is 0. The molecule has 0 aliphatic heterocycles. The van der Waals surface area contributed by atoms with Crippen LogP contribution in [-0.2, 0) is 15.0 Å². The summed E-state index contributed by atoms with van der Waals surface area (Å²) in [6.45, 7) is 1.06. The Morgan fingerprint density at radius 2 is 1.00 bits per heavy atom. The molecule has 0 aliphatic carbocycles. The summed E-state index contributed by atoms with van der Waals surface area (Å²) in [5.74, 6) is -1.70. The molecule has 0 atom stereocenters. The zero-order valence-corrected chi connectivity index (χ0v) is 22.4. The third-order valence-corrected chi connectivity index (χ3v) is 4.93. The van der Waals surface area contributed by atoms with Gasteiger partial charge in [0.25, 0.3) is 0 Å². The minimum absolute atomic E-state index is 0. The fourth-order valence-corrected chi connectivity index (χ4v) is 3.32. The van der Waals surface area contributed by atoms with Crippen LogP contribution in [0.3, 0.4) is 0 Å². The van der Waals surface area contributed by atoms with E-state index >= 15 is 0 Å². The number of hydrogen-bond donors (Lipinski definition) is 0. The second-order valence-electron chi connectivity index (χ2n) is 6.86. The van der Waals surface area contributed by atoms with Crippen LogP contribution in [0.5, 0.6) is 11.5 Å². The van der Waals surface area contributed by atoms with Gasteiger partial charge >= 0.3 is 59.1 Å². The first-order valence-corrected chi connectivity index (χ1v) is 9.31. The topological polar surface area (TPSA) is 98.7 Å². The van der Waals surface area contributed by atoms with E-state index in [9.17, 15) is 19.8 Å². The maximum Gasteiger partial charge on any atom is 1.00 e. The molecule has 0 saturated carbocycles. The third kappa shape index (κ3) is 7.10. The Morgan fingerprint density at radius 3 is 1.34 bits per heavy atom. The molecule has 6 nitrogen and oxygen atoms in total. The van der Waals surface area contributed by atoms with E-state index in [0.717, 1.165) is 16.7 Å². The number of carboxylic acid groups (broad SMARTS) is 2. The van der Waals surface area contributed by atoms with E-state index in [-0.39, 0.29) is 59.1 Å². The Hall–Kier alpha value is -1.80. The van der Waals surface area contributed by atoms with Crippen LogP contribution in [-0.4, -0.2) is 25.2 Å². The number of hydrogen-bond acceptors (Lipinski definition) is 6. The molecular weight excluding hydrogens is 430 g/mol. The van der Waals surface area contributed by atoms with E-state index in [1.165, 1.54) is 0 Å². The SMILES string of the molecule is CC(c1ccccc1)(c1ccc(OCC(=O)[O-])cc1)c1ccc(OCC(=O)[O-])cc1.[Na+].[Na+]. The minimum atomic E-state index is -1.28. The predicted molar refractivity (Wildman–Crippen MR) is 106 cm³/mol. The largest absolute Gasteiger partial charge is 1.00 e. The maximum absolute atomic E-state index is 10.6. The van der Waals surface area contributed by atoms with Crippen LogP contribution in [0.15, 0.2) is 78.9 Å². The van der Waals surface area contributed by atoms with Crippen LogP contribution in [0.1, 0.15) is 23.6 Å². The molecule has 0 unspecified atom stereocenters. The van der Waals surface area contributed by atoms with Crippen molar-refractivity contribution in [3.8, 4) is 11.5 Å². The number of carboxylic acids is 2. The molecule has 0 spiro atoms. The first-order valence-electron chi connectivity index (χ1n) is 9.31. The van der Waals surface area contributed by atoms with Gasteiger partial charge in [-0.15, -0.1) is 0 Å². The van der Waals surface area contributed by atoms with Crippen molar-refractivity contribution in [1.82, 2.24) is 0 Å². The Morgan fingerprint density at radius 1 is 0.656 bits per heavy atom. The van der Waals surface area contributed by atoms with Crippen LogP contribution in [0.2, 0.25) is 0 Å². The molecule has 3 aromatic rings. The van der Waals surface area contributed by atoms with Crippen molar-refractivity contribution in [2.45, 2.75) is 12.3 Å². The van der Waals surface area contributed by atoms with Gasteiger partial charge in [-0.1, -0.05) is 54.6 Å². The van der Waals surface area contributed by atoms with Gasteiger partial charge in [0, 0.05) is 5.41 Å². The molecular formula is C24H20Na2O6. The van der Waals surface area contributed by atoms with Crippen LogP contribution in [0.4, 0.5) is 0 Å². The van der Waals surface area contributed by atoms with E-state index in [2.05, 4.69) is 6.92 Å². The Bertz CT molecular complexity index is 943. The third-order valence-electron chi connectivity index (χ3n) is 4.93. The summed E-state index contributed by atoms with van der Waals surface area (Å²) in [6.07, 6.45) is 0. The van der Waals surface area contributed by atoms with E-state index < -0.39 is 30.6 Å². The van der Waals surface area contributed by atoms with Gasteiger partial charge in [0.15, 0.2) is 0 Å². The number of carbonyl (C=O) groups excluding carboxylic acids is 2. The molecule has 0 radical (unpaired) electrons. The summed E-state index contributed by atoms with van der Waals surface area (Å²) in [4.78, 5) is 21.2. The second kappa shape index (κ2) is 13.0. The van der Waals surface area contributed by atoms with Gasteiger partial charge in [-0.2, -0.15) is 0 Å². The zero-order valence-electron chi connectivity index (χ0n) is 18.4. The van der Waals surface area contributed by atoms with Gasteiger partial charge in [-0.25, -0.2) is 0 Å². The number of benzene rings is 3. The minimum Gasteiger partial charge on any atom is -0.546 e. The molecule has 154 valence electrons. The molecule has 8 heteroatoms. The van der Waals surface area contributed by atoms with Crippen LogP contribution >= 0.6 is 0 Å². The molecule has 0 aromatic heterocycles. The number of rotatable bonds is 9. The van der Waals surface area contributed by atoms with E-state index in [4.69, 9.17) is 9.47 Å². The molecule has 32 heavy (non-hydrogen) atoms. The molecule has 0 saturated heterocycles. The van der Waals surface area contributed by atoms with E-state index in [0.29, 0.717) is 11.5 Å². The van der Waals surface area contributed by atoms with Crippen molar-refractivity contribution in [2.24, 2.45) is 0 Å². The van der Waals surface area contributed by atoms with Crippen molar-refractivity contribution in [3.63, 3.8) is 0 Å². The smallest absolute Gasteiger partial charge is 0.546 e. The van der Waals surface area contributed by atoms with E-state index in [1.54, 1.807) is 24.3 Å². The average Bonchev–Trinajstić information content (AvgIpc) is 2.77. The van der Waals surface area contributed by atoms with Crippen molar-refractivity contribution in [1.29, 1.82) is 0 Å². The zero-order chi connectivity index (χ0) is 21.6. The quantitative estimate of drug-likeness (QED) is 0.240. The number of carbonyl (C=O) groups is 2. The standard InChI is InChI=1S/C24H22O6.2Na/c1-24(17-5-3-2-4-6-17,18-7-11-20(12-8-18)29-15-22(25)26)19-9-13-21(14-10-19)30-16-23(27)28;;/h2-14H,15-16H2,1H3,(H,25,26)(H,27,28);;/q;2*+1/p-2. The van der Waals surface area contributed by atoms with Crippen LogP contribution < -0.4 is 78.8 Å². The van der Waals surface area contributed by atoms with Crippen LogP contribution in [0.25, 0.3) is 0 Å². The summed E-state index contributed by atoms with van der Waals surface area (Å²) >= 11 is 0. The van der Waals surface area contributed by atoms with Gasteiger partial charge in [0.1, 0.15) is 24.7 Å². The number of ether oxygens (including phenoxy) is 2. The van der Waals surface area contributed by atoms with Gasteiger partial charge in [0.05, 0.1) is 11.9 Å². The molecule has 0 heterocycles. The molecule has 0 N–H and O–H groups in total. The predicted octanol–water partition coefficient (Wildman–Crippen LogP) is -4.69. The second-order valence-corrected chi connectivity index (χ2v) is 6.86. The summed E-state index contributed by atoms with van der Waals surface area (Å²) in [6, 6.07) is 24.3. The Kier molecular flexibility index (Phi) is 11.5. The van der Waals surface area contributed by atoms with E-state index in [1.807, 2.05) is 54.6 Å².